The Hall–Kier alpha value is -3.91. The SMILES string of the molecule is Cc1cccc(NS(=O)(=O)c2ccc(N=Cc3c(C)[nH]n(-c4ccc(C)cc4C)c3=O)cc2)c1. The molecule has 3 aromatic carbocycles. The molecule has 0 aliphatic rings. The number of H-pyrrole nitrogens is 1. The van der Waals surface area contributed by atoms with Crippen LogP contribution in [0, 0.1) is 27.7 Å². The Morgan fingerprint density at radius 3 is 2.29 bits per heavy atom. The quantitative estimate of drug-likeness (QED) is 0.387. The first-order valence-corrected chi connectivity index (χ1v) is 12.3. The first-order valence-electron chi connectivity index (χ1n) is 10.8. The standard InChI is InChI=1S/C26H26N4O3S/c1-17-6-5-7-22(15-17)29-34(32,33)23-11-9-21(10-12-23)27-16-24-20(4)28-30(26(24)31)25-13-8-18(2)14-19(25)3/h5-16,28-29H,1-4H3. The third-order valence-corrected chi connectivity index (χ3v) is 6.87. The molecule has 0 bridgehead atoms. The largest absolute Gasteiger partial charge is 0.295 e. The molecule has 4 aromatic rings. The van der Waals surface area contributed by atoms with Crippen LogP contribution >= 0.6 is 0 Å². The van der Waals surface area contributed by atoms with Crippen LogP contribution in [0.1, 0.15) is 27.9 Å². The smallest absolute Gasteiger partial charge is 0.280 e. The fourth-order valence-electron chi connectivity index (χ4n) is 3.71. The van der Waals surface area contributed by atoms with Gasteiger partial charge in [0.1, 0.15) is 0 Å². The van der Waals surface area contributed by atoms with Crippen molar-refractivity contribution in [1.29, 1.82) is 0 Å². The van der Waals surface area contributed by atoms with E-state index in [-0.39, 0.29) is 10.5 Å². The average Bonchev–Trinajstić information content (AvgIpc) is 3.05. The number of aliphatic imine (C=N–C) groups is 1. The maximum Gasteiger partial charge on any atom is 0.280 e. The van der Waals surface area contributed by atoms with Crippen LogP contribution < -0.4 is 10.3 Å². The van der Waals surface area contributed by atoms with E-state index in [1.165, 1.54) is 23.0 Å². The molecule has 0 fully saturated rings. The number of hydrogen-bond donors (Lipinski definition) is 2. The highest BCUT2D eigenvalue weighted by Gasteiger charge is 2.15. The summed E-state index contributed by atoms with van der Waals surface area (Å²) < 4.78 is 29.5. The molecular formula is C26H26N4O3S. The van der Waals surface area contributed by atoms with Crippen LogP contribution in [0.3, 0.4) is 0 Å². The van der Waals surface area contributed by atoms with E-state index in [9.17, 15) is 13.2 Å². The lowest BCUT2D eigenvalue weighted by Gasteiger charge is -2.08. The van der Waals surface area contributed by atoms with Crippen LogP contribution in [0.25, 0.3) is 5.69 Å². The number of sulfonamides is 1. The van der Waals surface area contributed by atoms with E-state index in [0.29, 0.717) is 22.6 Å². The molecule has 0 aliphatic carbocycles. The maximum atomic E-state index is 13.0. The van der Waals surface area contributed by atoms with Crippen molar-refractivity contribution >= 4 is 27.6 Å². The molecule has 0 saturated carbocycles. The lowest BCUT2D eigenvalue weighted by atomic mass is 10.1. The van der Waals surface area contributed by atoms with Gasteiger partial charge in [0.2, 0.25) is 0 Å². The zero-order valence-corrected chi connectivity index (χ0v) is 20.3. The Morgan fingerprint density at radius 1 is 0.912 bits per heavy atom. The monoisotopic (exact) mass is 474 g/mol. The second kappa shape index (κ2) is 9.15. The minimum absolute atomic E-state index is 0.128. The normalized spacial score (nSPS) is 11.8. The first kappa shape index (κ1) is 23.3. The summed E-state index contributed by atoms with van der Waals surface area (Å²) in [7, 11) is -3.72. The second-order valence-corrected chi connectivity index (χ2v) is 9.99. The number of nitrogens with one attached hydrogen (secondary N) is 2. The zero-order chi connectivity index (χ0) is 24.5. The van der Waals surface area contributed by atoms with Gasteiger partial charge in [-0.3, -0.25) is 19.6 Å². The van der Waals surface area contributed by atoms with Gasteiger partial charge in [0, 0.05) is 17.6 Å². The minimum atomic E-state index is -3.72. The summed E-state index contributed by atoms with van der Waals surface area (Å²) in [4.78, 5) is 17.5. The third-order valence-electron chi connectivity index (χ3n) is 5.47. The number of aryl methyl sites for hydroxylation is 4. The minimum Gasteiger partial charge on any atom is -0.295 e. The van der Waals surface area contributed by atoms with Crippen LogP contribution in [-0.2, 0) is 10.0 Å². The second-order valence-electron chi connectivity index (χ2n) is 8.31. The van der Waals surface area contributed by atoms with E-state index in [4.69, 9.17) is 0 Å². The van der Waals surface area contributed by atoms with Gasteiger partial charge in [-0.25, -0.2) is 13.1 Å². The van der Waals surface area contributed by atoms with Gasteiger partial charge in [-0.05, 0) is 81.3 Å². The predicted molar refractivity (Wildman–Crippen MR) is 136 cm³/mol. The highest BCUT2D eigenvalue weighted by Crippen LogP contribution is 2.20. The van der Waals surface area contributed by atoms with Gasteiger partial charge in [-0.15, -0.1) is 0 Å². The highest BCUT2D eigenvalue weighted by molar-refractivity contribution is 7.92. The van der Waals surface area contributed by atoms with Crippen molar-refractivity contribution in [3.8, 4) is 5.69 Å². The molecule has 0 saturated heterocycles. The number of benzene rings is 3. The molecule has 174 valence electrons. The van der Waals surface area contributed by atoms with Gasteiger partial charge in [0.05, 0.1) is 21.8 Å². The van der Waals surface area contributed by atoms with E-state index in [1.54, 1.807) is 30.3 Å². The molecule has 0 aliphatic heterocycles. The molecule has 1 heterocycles. The van der Waals surface area contributed by atoms with Gasteiger partial charge in [-0.2, -0.15) is 0 Å². The van der Waals surface area contributed by atoms with Crippen LogP contribution in [0.2, 0.25) is 0 Å². The number of anilines is 1. The Labute approximate surface area is 198 Å². The van der Waals surface area contributed by atoms with E-state index in [1.807, 2.05) is 52.0 Å². The lowest BCUT2D eigenvalue weighted by Crippen LogP contribution is -2.18. The van der Waals surface area contributed by atoms with E-state index >= 15 is 0 Å². The summed E-state index contributed by atoms with van der Waals surface area (Å²) in [6, 6.07) is 19.2. The molecular weight excluding hydrogens is 448 g/mol. The van der Waals surface area contributed by atoms with E-state index in [0.717, 1.165) is 22.4 Å². The van der Waals surface area contributed by atoms with Crippen LogP contribution in [0.15, 0.2) is 81.4 Å². The summed E-state index contributed by atoms with van der Waals surface area (Å²) in [5, 5.41) is 3.11. The molecule has 0 spiro atoms. The number of hydrogen-bond acceptors (Lipinski definition) is 4. The van der Waals surface area contributed by atoms with Gasteiger partial charge in [-0.1, -0.05) is 29.8 Å². The van der Waals surface area contributed by atoms with Crippen molar-refractivity contribution in [3.05, 3.63) is 105 Å². The molecule has 4 rings (SSSR count). The van der Waals surface area contributed by atoms with Gasteiger partial charge in [0.15, 0.2) is 0 Å². The number of aromatic nitrogens is 2. The fourth-order valence-corrected chi connectivity index (χ4v) is 4.76. The summed E-state index contributed by atoms with van der Waals surface area (Å²) in [6.45, 7) is 7.68. The van der Waals surface area contributed by atoms with E-state index < -0.39 is 10.0 Å². The maximum absolute atomic E-state index is 13.0. The van der Waals surface area contributed by atoms with Crippen molar-refractivity contribution in [2.45, 2.75) is 32.6 Å². The number of nitrogens with zero attached hydrogens (tertiary/aromatic N) is 2. The highest BCUT2D eigenvalue weighted by atomic mass is 32.2. The average molecular weight is 475 g/mol. The van der Waals surface area contributed by atoms with Crippen molar-refractivity contribution in [1.82, 2.24) is 9.78 Å². The molecule has 34 heavy (non-hydrogen) atoms. The summed E-state index contributed by atoms with van der Waals surface area (Å²) in [5.74, 6) is 0. The lowest BCUT2D eigenvalue weighted by molar-refractivity contribution is 0.601. The summed E-state index contributed by atoms with van der Waals surface area (Å²) >= 11 is 0. The van der Waals surface area contributed by atoms with Gasteiger partial charge in [0.25, 0.3) is 15.6 Å². The molecule has 8 heteroatoms. The van der Waals surface area contributed by atoms with Crippen LogP contribution in [-0.4, -0.2) is 24.4 Å². The molecule has 1 aromatic heterocycles. The van der Waals surface area contributed by atoms with Crippen molar-refractivity contribution < 1.29 is 8.42 Å². The first-order chi connectivity index (χ1) is 16.1. The van der Waals surface area contributed by atoms with E-state index in [2.05, 4.69) is 14.8 Å². The Bertz CT molecular complexity index is 1550. The summed E-state index contributed by atoms with van der Waals surface area (Å²) in [5.41, 5.74) is 5.83. The van der Waals surface area contributed by atoms with Crippen molar-refractivity contribution in [3.63, 3.8) is 0 Å². The van der Waals surface area contributed by atoms with Crippen molar-refractivity contribution in [2.75, 3.05) is 4.72 Å². The molecule has 0 radical (unpaired) electrons. The molecule has 0 amide bonds. The summed E-state index contributed by atoms with van der Waals surface area (Å²) in [6.07, 6.45) is 1.50. The van der Waals surface area contributed by atoms with Crippen LogP contribution in [0.5, 0.6) is 0 Å². The third kappa shape index (κ3) is 4.87. The topological polar surface area (TPSA) is 96.3 Å². The molecule has 2 N–H and O–H groups in total. The Kier molecular flexibility index (Phi) is 6.26. The fraction of sp³-hybridized carbons (Fsp3) is 0.154. The Morgan fingerprint density at radius 2 is 1.62 bits per heavy atom. The molecule has 0 atom stereocenters. The Balaban J connectivity index is 1.56. The zero-order valence-electron chi connectivity index (χ0n) is 19.5. The number of aromatic amines is 1. The molecule has 0 unspecified atom stereocenters. The van der Waals surface area contributed by atoms with Crippen molar-refractivity contribution in [2.24, 2.45) is 4.99 Å². The van der Waals surface area contributed by atoms with Crippen LogP contribution in [0.4, 0.5) is 11.4 Å². The predicted octanol–water partition coefficient (Wildman–Crippen LogP) is 4.95. The molecule has 7 nitrogen and oxygen atoms in total. The van der Waals surface area contributed by atoms with Gasteiger partial charge >= 0.3 is 0 Å². The van der Waals surface area contributed by atoms with Gasteiger partial charge < -0.3 is 0 Å². The number of rotatable bonds is 6.